The van der Waals surface area contributed by atoms with E-state index in [1.165, 1.54) is 53.4 Å². The summed E-state index contributed by atoms with van der Waals surface area (Å²) >= 11 is 0. The van der Waals surface area contributed by atoms with Crippen LogP contribution in [0.4, 0.5) is 17.1 Å². The van der Waals surface area contributed by atoms with E-state index in [1.54, 1.807) is 18.2 Å². The zero-order chi connectivity index (χ0) is 30.4. The second-order valence-electron chi connectivity index (χ2n) is 9.68. The Hall–Kier alpha value is -5.71. The number of hydrogen-bond donors (Lipinski definition) is 1. The lowest BCUT2D eigenvalue weighted by atomic mass is 9.94. The average molecular weight is 567 g/mol. The molecule has 1 fully saturated rings. The molecule has 0 unspecified atom stereocenters. The molecule has 0 saturated carbocycles. The first-order valence-corrected chi connectivity index (χ1v) is 12.8. The van der Waals surface area contributed by atoms with E-state index in [-0.39, 0.29) is 41.4 Å². The van der Waals surface area contributed by atoms with Crippen molar-refractivity contribution in [1.29, 1.82) is 0 Å². The minimum absolute atomic E-state index is 0.0601. The lowest BCUT2D eigenvalue weighted by Gasteiger charge is -2.29. The average Bonchev–Trinajstić information content (AvgIpc) is 2.96. The van der Waals surface area contributed by atoms with Crippen molar-refractivity contribution >= 4 is 46.8 Å². The minimum Gasteiger partial charge on any atom is -0.330 e. The van der Waals surface area contributed by atoms with Gasteiger partial charge in [0.25, 0.3) is 11.4 Å². The number of nitrogens with zero attached hydrogens (tertiary/aromatic N) is 3. The van der Waals surface area contributed by atoms with Gasteiger partial charge >= 0.3 is 0 Å². The van der Waals surface area contributed by atoms with Gasteiger partial charge in [0.1, 0.15) is 0 Å². The standard InChI is InChI=1S/C31H26N4O7/c1-20-3-8-26(15-21(20)2)32-29(36)13-14-30(37)33-18-24(16-22-4-9-27(10-5-22)34(39)40)31(38)25(19-33)17-23-6-11-28(12-7-23)35(41)42/h3-17H,18-19H2,1-2H3,(H,32,36)/b14-13+,24-16+,25-17+. The van der Waals surface area contributed by atoms with E-state index in [1.807, 2.05) is 26.0 Å². The molecule has 11 nitrogen and oxygen atoms in total. The largest absolute Gasteiger partial charge is 0.330 e. The number of carbonyl (C=O) groups excluding carboxylic acids is 3. The predicted octanol–water partition coefficient (Wildman–Crippen LogP) is 5.19. The summed E-state index contributed by atoms with van der Waals surface area (Å²) in [6.07, 6.45) is 5.34. The van der Waals surface area contributed by atoms with Gasteiger partial charge in [-0.25, -0.2) is 0 Å². The third kappa shape index (κ3) is 7.27. The second kappa shape index (κ2) is 12.6. The van der Waals surface area contributed by atoms with Crippen molar-refractivity contribution in [1.82, 2.24) is 4.90 Å². The number of hydrogen-bond acceptors (Lipinski definition) is 7. The predicted molar refractivity (Wildman–Crippen MR) is 157 cm³/mol. The highest BCUT2D eigenvalue weighted by Crippen LogP contribution is 2.24. The van der Waals surface area contributed by atoms with E-state index in [4.69, 9.17) is 0 Å². The number of likely N-dealkylation sites (tertiary alicyclic amines) is 1. The molecule has 4 rings (SSSR count). The Balaban J connectivity index is 1.59. The van der Waals surface area contributed by atoms with E-state index in [0.29, 0.717) is 16.8 Å². The number of aryl methyl sites for hydroxylation is 2. The summed E-state index contributed by atoms with van der Waals surface area (Å²) in [5, 5.41) is 24.7. The fourth-order valence-corrected chi connectivity index (χ4v) is 4.24. The molecule has 0 bridgehead atoms. The number of rotatable bonds is 7. The zero-order valence-electron chi connectivity index (χ0n) is 22.8. The maximum absolute atomic E-state index is 13.4. The summed E-state index contributed by atoms with van der Waals surface area (Å²) in [6.45, 7) is 3.76. The van der Waals surface area contributed by atoms with Crippen LogP contribution in [0.25, 0.3) is 12.2 Å². The fraction of sp³-hybridized carbons (Fsp3) is 0.129. The molecule has 1 aliphatic heterocycles. The highest BCUT2D eigenvalue weighted by Gasteiger charge is 2.28. The number of nitro groups is 2. The molecule has 1 N–H and O–H groups in total. The molecule has 0 aliphatic carbocycles. The monoisotopic (exact) mass is 566 g/mol. The summed E-state index contributed by atoms with van der Waals surface area (Å²) in [7, 11) is 0. The van der Waals surface area contributed by atoms with Crippen LogP contribution in [0, 0.1) is 34.1 Å². The Labute approximate surface area is 240 Å². The first kappa shape index (κ1) is 29.3. The molecule has 212 valence electrons. The van der Waals surface area contributed by atoms with Gasteiger partial charge < -0.3 is 10.2 Å². The summed E-state index contributed by atoms with van der Waals surface area (Å²) in [6, 6.07) is 16.7. The van der Waals surface area contributed by atoms with Crippen molar-refractivity contribution in [3.05, 3.63) is 133 Å². The van der Waals surface area contributed by atoms with Gasteiger partial charge in [0.05, 0.1) is 22.9 Å². The summed E-state index contributed by atoms with van der Waals surface area (Å²) in [4.78, 5) is 61.3. The molecule has 42 heavy (non-hydrogen) atoms. The molecular formula is C31H26N4O7. The van der Waals surface area contributed by atoms with Crippen LogP contribution in [0.3, 0.4) is 0 Å². The van der Waals surface area contributed by atoms with Crippen LogP contribution in [0.15, 0.2) is 90.0 Å². The Bertz CT molecular complexity index is 1590. The van der Waals surface area contributed by atoms with Crippen LogP contribution >= 0.6 is 0 Å². The maximum Gasteiger partial charge on any atom is 0.269 e. The maximum atomic E-state index is 13.4. The van der Waals surface area contributed by atoms with Crippen LogP contribution in [0.2, 0.25) is 0 Å². The molecule has 1 aliphatic rings. The first-order chi connectivity index (χ1) is 20.0. The molecule has 0 atom stereocenters. The second-order valence-corrected chi connectivity index (χ2v) is 9.68. The van der Waals surface area contributed by atoms with E-state index < -0.39 is 21.7 Å². The third-order valence-corrected chi connectivity index (χ3v) is 6.66. The van der Waals surface area contributed by atoms with E-state index >= 15 is 0 Å². The van der Waals surface area contributed by atoms with E-state index in [9.17, 15) is 34.6 Å². The summed E-state index contributed by atoms with van der Waals surface area (Å²) in [5.74, 6) is -1.35. The van der Waals surface area contributed by atoms with E-state index in [2.05, 4.69) is 5.32 Å². The molecule has 3 aromatic rings. The Morgan fingerprint density at radius 1 is 0.762 bits per heavy atom. The lowest BCUT2D eigenvalue weighted by Crippen LogP contribution is -2.41. The Morgan fingerprint density at radius 3 is 1.71 bits per heavy atom. The molecule has 1 saturated heterocycles. The SMILES string of the molecule is Cc1ccc(NC(=O)/C=C/C(=O)N2C/C(=C\c3ccc([N+](=O)[O-])cc3)C(=O)/C(=C/c3ccc([N+](=O)[O-])cc3)C2)cc1C. The first-order valence-electron chi connectivity index (χ1n) is 12.8. The molecule has 1 heterocycles. The van der Waals surface area contributed by atoms with Crippen LogP contribution in [0.5, 0.6) is 0 Å². The molecule has 3 aromatic carbocycles. The molecule has 11 heteroatoms. The number of Topliss-reactive ketones (excluding diaryl/α,β-unsaturated/α-hetero) is 1. The number of nitro benzene ring substituents is 2. The van der Waals surface area contributed by atoms with Crippen molar-refractivity contribution in [2.45, 2.75) is 13.8 Å². The third-order valence-electron chi connectivity index (χ3n) is 6.66. The van der Waals surface area contributed by atoms with Gasteiger partial charge in [-0.3, -0.25) is 34.6 Å². The number of piperidine rings is 1. The normalized spacial score (nSPS) is 15.3. The van der Waals surface area contributed by atoms with Crippen LogP contribution in [0.1, 0.15) is 22.3 Å². The fourth-order valence-electron chi connectivity index (χ4n) is 4.24. The topological polar surface area (TPSA) is 153 Å². The van der Waals surface area contributed by atoms with Gasteiger partial charge in [0.2, 0.25) is 11.8 Å². The van der Waals surface area contributed by atoms with E-state index in [0.717, 1.165) is 23.3 Å². The van der Waals surface area contributed by atoms with Crippen LogP contribution in [-0.2, 0) is 14.4 Å². The van der Waals surface area contributed by atoms with Crippen LogP contribution < -0.4 is 5.32 Å². The summed E-state index contributed by atoms with van der Waals surface area (Å²) < 4.78 is 0. The van der Waals surface area contributed by atoms with Crippen molar-refractivity contribution in [2.24, 2.45) is 0 Å². The number of ketones is 1. The Morgan fingerprint density at radius 2 is 1.26 bits per heavy atom. The highest BCUT2D eigenvalue weighted by molar-refractivity contribution is 6.16. The highest BCUT2D eigenvalue weighted by atomic mass is 16.6. The molecule has 0 aromatic heterocycles. The van der Waals surface area contributed by atoms with Crippen molar-refractivity contribution < 1.29 is 24.2 Å². The van der Waals surface area contributed by atoms with Crippen LogP contribution in [-0.4, -0.2) is 45.4 Å². The van der Waals surface area contributed by atoms with Crippen molar-refractivity contribution in [3.8, 4) is 0 Å². The number of anilines is 1. The summed E-state index contributed by atoms with van der Waals surface area (Å²) in [5.41, 5.74) is 4.02. The number of non-ortho nitro benzene ring substituents is 2. The van der Waals surface area contributed by atoms with Gasteiger partial charge in [0, 0.05) is 53.3 Å². The molecular weight excluding hydrogens is 540 g/mol. The number of carbonyl (C=O) groups is 3. The van der Waals surface area contributed by atoms with Gasteiger partial charge in [-0.2, -0.15) is 0 Å². The molecule has 0 radical (unpaired) electrons. The quantitative estimate of drug-likeness (QED) is 0.234. The van der Waals surface area contributed by atoms with Gasteiger partial charge in [-0.15, -0.1) is 0 Å². The number of amides is 2. The lowest BCUT2D eigenvalue weighted by molar-refractivity contribution is -0.385. The smallest absolute Gasteiger partial charge is 0.269 e. The minimum atomic E-state index is -0.531. The zero-order valence-corrected chi connectivity index (χ0v) is 22.8. The van der Waals surface area contributed by atoms with Gasteiger partial charge in [0.15, 0.2) is 5.78 Å². The Kier molecular flexibility index (Phi) is 8.81. The van der Waals surface area contributed by atoms with Gasteiger partial charge in [-0.05, 0) is 84.7 Å². The van der Waals surface area contributed by atoms with Crippen molar-refractivity contribution in [3.63, 3.8) is 0 Å². The molecule has 0 spiro atoms. The van der Waals surface area contributed by atoms with Gasteiger partial charge in [-0.1, -0.05) is 6.07 Å². The van der Waals surface area contributed by atoms with Crippen molar-refractivity contribution in [2.75, 3.05) is 18.4 Å². The number of nitrogens with one attached hydrogen (secondary N) is 1. The molecule has 2 amide bonds. The number of benzene rings is 3.